The lowest BCUT2D eigenvalue weighted by Gasteiger charge is -2.15. The molecule has 1 heterocycles. The Labute approximate surface area is 165 Å². The van der Waals surface area contributed by atoms with Crippen molar-refractivity contribution in [2.24, 2.45) is 5.14 Å². The van der Waals surface area contributed by atoms with Gasteiger partial charge < -0.3 is 5.32 Å². The molecular formula is C18H18BrN3O4S. The second kappa shape index (κ2) is 7.89. The highest BCUT2D eigenvalue weighted by molar-refractivity contribution is 9.10. The van der Waals surface area contributed by atoms with Crippen LogP contribution in [0.15, 0.2) is 57.9 Å². The van der Waals surface area contributed by atoms with E-state index < -0.39 is 16.1 Å². The van der Waals surface area contributed by atoms with Crippen molar-refractivity contribution in [3.8, 4) is 0 Å². The van der Waals surface area contributed by atoms with Gasteiger partial charge in [0.15, 0.2) is 0 Å². The topological polar surface area (TPSA) is 110 Å². The highest BCUT2D eigenvalue weighted by Gasteiger charge is 2.39. The first kappa shape index (κ1) is 19.7. The second-order valence-corrected chi connectivity index (χ2v) is 8.67. The van der Waals surface area contributed by atoms with E-state index in [0.29, 0.717) is 18.7 Å². The van der Waals surface area contributed by atoms with E-state index in [1.165, 1.54) is 17.0 Å². The molecule has 27 heavy (non-hydrogen) atoms. The van der Waals surface area contributed by atoms with E-state index in [2.05, 4.69) is 21.2 Å². The van der Waals surface area contributed by atoms with Crippen LogP contribution in [0, 0.1) is 0 Å². The van der Waals surface area contributed by atoms with Crippen LogP contribution in [0.4, 0.5) is 5.69 Å². The lowest BCUT2D eigenvalue weighted by Crippen LogP contribution is -2.39. The highest BCUT2D eigenvalue weighted by atomic mass is 79.9. The maximum atomic E-state index is 12.5. The SMILES string of the molecule is NS(=O)(=O)c1ccc(CCNC2CC(=O)N(c3ccc(Br)cc3)C2=O)cc1. The normalized spacial score (nSPS) is 17.6. The van der Waals surface area contributed by atoms with Crippen LogP contribution in [0.25, 0.3) is 0 Å². The Morgan fingerprint density at radius 1 is 1.07 bits per heavy atom. The number of carbonyl (C=O) groups excluding carboxylic acids is 2. The molecule has 0 saturated carbocycles. The van der Waals surface area contributed by atoms with Gasteiger partial charge in [0.2, 0.25) is 15.9 Å². The molecule has 1 aliphatic rings. The lowest BCUT2D eigenvalue weighted by atomic mass is 10.1. The number of imide groups is 1. The van der Waals surface area contributed by atoms with Gasteiger partial charge in [0.05, 0.1) is 23.0 Å². The molecule has 0 bridgehead atoms. The van der Waals surface area contributed by atoms with Gasteiger partial charge in [0, 0.05) is 4.47 Å². The number of benzene rings is 2. The number of carbonyl (C=O) groups is 2. The molecule has 7 nitrogen and oxygen atoms in total. The van der Waals surface area contributed by atoms with E-state index in [9.17, 15) is 18.0 Å². The van der Waals surface area contributed by atoms with Gasteiger partial charge in [-0.15, -0.1) is 0 Å². The quantitative estimate of drug-likeness (QED) is 0.647. The minimum Gasteiger partial charge on any atom is -0.305 e. The molecule has 2 amide bonds. The first-order valence-electron chi connectivity index (χ1n) is 8.23. The maximum Gasteiger partial charge on any atom is 0.251 e. The highest BCUT2D eigenvalue weighted by Crippen LogP contribution is 2.24. The lowest BCUT2D eigenvalue weighted by molar-refractivity contribution is -0.121. The molecule has 9 heteroatoms. The Hall–Kier alpha value is -2.07. The number of halogens is 1. The summed E-state index contributed by atoms with van der Waals surface area (Å²) in [5, 5.41) is 8.17. The van der Waals surface area contributed by atoms with Gasteiger partial charge in [-0.2, -0.15) is 0 Å². The third-order valence-corrected chi connectivity index (χ3v) is 5.75. The number of rotatable bonds is 6. The number of hydrogen-bond acceptors (Lipinski definition) is 5. The summed E-state index contributed by atoms with van der Waals surface area (Å²) in [5.41, 5.74) is 1.45. The van der Waals surface area contributed by atoms with Gasteiger partial charge in [0.1, 0.15) is 0 Å². The molecule has 3 N–H and O–H groups in total. The van der Waals surface area contributed by atoms with Crippen LogP contribution >= 0.6 is 15.9 Å². The van der Waals surface area contributed by atoms with Gasteiger partial charge >= 0.3 is 0 Å². The van der Waals surface area contributed by atoms with Crippen molar-refractivity contribution in [3.05, 3.63) is 58.6 Å². The fraction of sp³-hybridized carbons (Fsp3) is 0.222. The number of primary sulfonamides is 1. The summed E-state index contributed by atoms with van der Waals surface area (Å²) >= 11 is 3.33. The van der Waals surface area contributed by atoms with Crippen molar-refractivity contribution in [2.75, 3.05) is 11.4 Å². The molecule has 0 radical (unpaired) electrons. The Morgan fingerprint density at radius 3 is 2.30 bits per heavy atom. The van der Waals surface area contributed by atoms with E-state index in [4.69, 9.17) is 5.14 Å². The summed E-state index contributed by atoms with van der Waals surface area (Å²) in [6.07, 6.45) is 0.695. The minimum absolute atomic E-state index is 0.0564. The molecule has 2 aromatic carbocycles. The monoisotopic (exact) mass is 451 g/mol. The van der Waals surface area contributed by atoms with E-state index in [1.807, 2.05) is 0 Å². The first-order chi connectivity index (χ1) is 12.8. The van der Waals surface area contributed by atoms with Crippen LogP contribution in [0.1, 0.15) is 12.0 Å². The van der Waals surface area contributed by atoms with Gasteiger partial charge in [-0.3, -0.25) is 9.59 Å². The Kier molecular flexibility index (Phi) is 5.75. The Balaban J connectivity index is 1.58. The number of sulfonamides is 1. The van der Waals surface area contributed by atoms with Crippen molar-refractivity contribution < 1.29 is 18.0 Å². The molecular weight excluding hydrogens is 434 g/mol. The zero-order valence-corrected chi connectivity index (χ0v) is 16.7. The average Bonchev–Trinajstić information content (AvgIpc) is 2.89. The summed E-state index contributed by atoms with van der Waals surface area (Å²) in [7, 11) is -3.71. The van der Waals surface area contributed by atoms with E-state index >= 15 is 0 Å². The molecule has 1 fully saturated rings. The van der Waals surface area contributed by atoms with Crippen molar-refractivity contribution >= 4 is 43.5 Å². The average molecular weight is 452 g/mol. The van der Waals surface area contributed by atoms with E-state index in [1.54, 1.807) is 36.4 Å². The molecule has 0 spiro atoms. The summed E-state index contributed by atoms with van der Waals surface area (Å²) in [5.74, 6) is -0.510. The summed E-state index contributed by atoms with van der Waals surface area (Å²) in [6.45, 7) is 0.479. The summed E-state index contributed by atoms with van der Waals surface area (Å²) in [4.78, 5) is 26.0. The van der Waals surface area contributed by atoms with E-state index in [0.717, 1.165) is 10.0 Å². The molecule has 0 aromatic heterocycles. The molecule has 142 valence electrons. The molecule has 3 rings (SSSR count). The number of hydrogen-bond donors (Lipinski definition) is 2. The van der Waals surface area contributed by atoms with Crippen molar-refractivity contribution in [1.82, 2.24) is 5.32 Å². The zero-order valence-electron chi connectivity index (χ0n) is 14.3. The van der Waals surface area contributed by atoms with E-state index in [-0.39, 0.29) is 23.1 Å². The number of anilines is 1. The van der Waals surface area contributed by atoms with Crippen LogP contribution < -0.4 is 15.4 Å². The standard InChI is InChI=1S/C18H18BrN3O4S/c19-13-3-5-14(6-4-13)22-17(23)11-16(18(22)24)21-10-9-12-1-7-15(8-2-12)27(20,25)26/h1-8,16,21H,9-11H2,(H2,20,25,26). The third-order valence-electron chi connectivity index (χ3n) is 4.29. The summed E-state index contributed by atoms with van der Waals surface area (Å²) < 4.78 is 23.4. The number of nitrogens with two attached hydrogens (primary N) is 1. The van der Waals surface area contributed by atoms with Crippen molar-refractivity contribution in [1.29, 1.82) is 0 Å². The molecule has 2 aromatic rings. The van der Waals surface area contributed by atoms with Gasteiger partial charge in [-0.05, 0) is 54.9 Å². The van der Waals surface area contributed by atoms with Crippen molar-refractivity contribution in [3.63, 3.8) is 0 Å². The first-order valence-corrected chi connectivity index (χ1v) is 10.6. The van der Waals surface area contributed by atoms with Crippen molar-refractivity contribution in [2.45, 2.75) is 23.8 Å². The fourth-order valence-corrected chi connectivity index (χ4v) is 3.67. The summed E-state index contributed by atoms with van der Waals surface area (Å²) in [6, 6.07) is 12.7. The predicted molar refractivity (Wildman–Crippen MR) is 105 cm³/mol. The minimum atomic E-state index is -3.71. The van der Waals surface area contributed by atoms with Gasteiger partial charge in [0.25, 0.3) is 5.91 Å². The molecule has 1 saturated heterocycles. The smallest absolute Gasteiger partial charge is 0.251 e. The molecule has 1 aliphatic heterocycles. The second-order valence-electron chi connectivity index (χ2n) is 6.19. The number of nitrogens with one attached hydrogen (secondary N) is 1. The predicted octanol–water partition coefficient (Wildman–Crippen LogP) is 1.56. The van der Waals surface area contributed by atoms with Gasteiger partial charge in [-0.25, -0.2) is 18.5 Å². The zero-order chi connectivity index (χ0) is 19.6. The molecule has 0 aliphatic carbocycles. The molecule has 1 unspecified atom stereocenters. The van der Waals surface area contributed by atoms with Crippen LogP contribution in [0.3, 0.4) is 0 Å². The van der Waals surface area contributed by atoms with Crippen LogP contribution in [0.2, 0.25) is 0 Å². The van der Waals surface area contributed by atoms with Gasteiger partial charge in [-0.1, -0.05) is 28.1 Å². The molecule has 1 atom stereocenters. The largest absolute Gasteiger partial charge is 0.305 e. The number of amides is 2. The Morgan fingerprint density at radius 2 is 1.70 bits per heavy atom. The maximum absolute atomic E-state index is 12.5. The third kappa shape index (κ3) is 4.62. The van der Waals surface area contributed by atoms with Crippen LogP contribution in [-0.2, 0) is 26.0 Å². The van der Waals surface area contributed by atoms with Crippen LogP contribution in [-0.4, -0.2) is 32.8 Å². The Bertz CT molecular complexity index is 959. The number of nitrogens with zero attached hydrogens (tertiary/aromatic N) is 1. The fourth-order valence-electron chi connectivity index (χ4n) is 2.89. The van der Waals surface area contributed by atoms with Crippen LogP contribution in [0.5, 0.6) is 0 Å².